The van der Waals surface area contributed by atoms with Gasteiger partial charge in [-0.3, -0.25) is 19.3 Å². The van der Waals surface area contributed by atoms with Crippen LogP contribution in [-0.2, 0) is 14.4 Å². The number of imide groups is 1. The molecule has 0 bridgehead atoms. The molecular formula is C13H19NO4. The molecule has 2 fully saturated rings. The van der Waals surface area contributed by atoms with Gasteiger partial charge in [-0.05, 0) is 24.2 Å². The van der Waals surface area contributed by atoms with Crippen molar-refractivity contribution >= 4 is 17.8 Å². The average molecular weight is 253 g/mol. The van der Waals surface area contributed by atoms with Crippen LogP contribution in [0.5, 0.6) is 0 Å². The van der Waals surface area contributed by atoms with E-state index in [0.29, 0.717) is 19.4 Å². The van der Waals surface area contributed by atoms with Crippen LogP contribution in [0.3, 0.4) is 0 Å². The maximum Gasteiger partial charge on any atom is 0.303 e. The van der Waals surface area contributed by atoms with Crippen molar-refractivity contribution in [1.29, 1.82) is 0 Å². The standard InChI is InChI=1S/C13H19NO4/c1-9-5-10(15)14(11(16)6-9)8-13(3-2-4-13)7-12(17)18/h9H,2-8H2,1H3,(H,17,18). The van der Waals surface area contributed by atoms with Gasteiger partial charge in [0.2, 0.25) is 11.8 Å². The van der Waals surface area contributed by atoms with Crippen LogP contribution in [0, 0.1) is 11.3 Å². The molecule has 0 aromatic carbocycles. The van der Waals surface area contributed by atoms with E-state index in [1.165, 1.54) is 4.90 Å². The Kier molecular flexibility index (Phi) is 3.41. The third kappa shape index (κ3) is 2.54. The van der Waals surface area contributed by atoms with E-state index in [1.807, 2.05) is 6.92 Å². The minimum absolute atomic E-state index is 0.0552. The van der Waals surface area contributed by atoms with Crippen LogP contribution in [0.1, 0.15) is 45.4 Å². The molecule has 2 amide bonds. The molecule has 1 N–H and O–H groups in total. The number of aliphatic carboxylic acids is 1. The van der Waals surface area contributed by atoms with Crippen molar-refractivity contribution in [1.82, 2.24) is 4.90 Å². The summed E-state index contributed by atoms with van der Waals surface area (Å²) in [5.41, 5.74) is -0.363. The molecule has 0 radical (unpaired) electrons. The van der Waals surface area contributed by atoms with E-state index in [1.54, 1.807) is 0 Å². The summed E-state index contributed by atoms with van der Waals surface area (Å²) < 4.78 is 0. The number of carbonyl (C=O) groups is 3. The Labute approximate surface area is 106 Å². The molecule has 1 heterocycles. The number of rotatable bonds is 4. The Morgan fingerprint density at radius 2 is 1.89 bits per heavy atom. The molecule has 2 rings (SSSR count). The number of hydrogen-bond acceptors (Lipinski definition) is 3. The van der Waals surface area contributed by atoms with E-state index in [0.717, 1.165) is 19.3 Å². The number of amides is 2. The molecule has 1 saturated carbocycles. The molecule has 2 aliphatic rings. The second-order valence-corrected chi connectivity index (χ2v) is 5.81. The molecule has 1 aliphatic carbocycles. The van der Waals surface area contributed by atoms with Gasteiger partial charge in [0, 0.05) is 19.4 Å². The molecule has 0 atom stereocenters. The van der Waals surface area contributed by atoms with Gasteiger partial charge >= 0.3 is 5.97 Å². The van der Waals surface area contributed by atoms with Crippen LogP contribution in [0.15, 0.2) is 0 Å². The Balaban J connectivity index is 2.05. The third-order valence-electron chi connectivity index (χ3n) is 4.08. The van der Waals surface area contributed by atoms with Gasteiger partial charge in [0.25, 0.3) is 0 Å². The summed E-state index contributed by atoms with van der Waals surface area (Å²) in [6.45, 7) is 2.19. The van der Waals surface area contributed by atoms with Crippen LogP contribution < -0.4 is 0 Å². The summed E-state index contributed by atoms with van der Waals surface area (Å²) in [7, 11) is 0. The zero-order chi connectivity index (χ0) is 13.3. The zero-order valence-corrected chi connectivity index (χ0v) is 10.6. The first-order chi connectivity index (χ1) is 8.42. The number of hydrogen-bond donors (Lipinski definition) is 1. The van der Waals surface area contributed by atoms with Crippen LogP contribution in [0.25, 0.3) is 0 Å². The molecule has 0 spiro atoms. The predicted octanol–water partition coefficient (Wildman–Crippen LogP) is 1.42. The van der Waals surface area contributed by atoms with Gasteiger partial charge in [-0.1, -0.05) is 13.3 Å². The van der Waals surface area contributed by atoms with E-state index in [2.05, 4.69) is 0 Å². The van der Waals surface area contributed by atoms with Gasteiger partial charge < -0.3 is 5.11 Å². The highest BCUT2D eigenvalue weighted by Gasteiger charge is 2.43. The van der Waals surface area contributed by atoms with Gasteiger partial charge in [0.05, 0.1) is 6.42 Å². The van der Waals surface area contributed by atoms with Crippen LogP contribution in [0.2, 0.25) is 0 Å². The van der Waals surface area contributed by atoms with Crippen molar-refractivity contribution in [3.8, 4) is 0 Å². The molecule has 18 heavy (non-hydrogen) atoms. The van der Waals surface area contributed by atoms with Gasteiger partial charge in [0.1, 0.15) is 0 Å². The number of likely N-dealkylation sites (tertiary alicyclic amines) is 1. The van der Waals surface area contributed by atoms with Gasteiger partial charge in [-0.15, -0.1) is 0 Å². The molecular weight excluding hydrogens is 234 g/mol. The minimum atomic E-state index is -0.847. The first-order valence-electron chi connectivity index (χ1n) is 6.47. The number of carbonyl (C=O) groups excluding carboxylic acids is 2. The maximum absolute atomic E-state index is 11.9. The molecule has 0 aromatic rings. The van der Waals surface area contributed by atoms with Crippen LogP contribution >= 0.6 is 0 Å². The summed E-state index contributed by atoms with van der Waals surface area (Å²) in [4.78, 5) is 35.9. The Bertz CT molecular complexity index is 368. The summed E-state index contributed by atoms with van der Waals surface area (Å²) in [5, 5.41) is 8.93. The highest BCUT2D eigenvalue weighted by molar-refractivity contribution is 5.98. The fourth-order valence-corrected chi connectivity index (χ4v) is 2.93. The minimum Gasteiger partial charge on any atom is -0.481 e. The van der Waals surface area contributed by atoms with Gasteiger partial charge in [-0.25, -0.2) is 0 Å². The Morgan fingerprint density at radius 1 is 1.33 bits per heavy atom. The molecule has 5 nitrogen and oxygen atoms in total. The highest BCUT2D eigenvalue weighted by Crippen LogP contribution is 2.45. The number of carboxylic acids is 1. The van der Waals surface area contributed by atoms with Crippen molar-refractivity contribution in [2.45, 2.75) is 45.4 Å². The number of carboxylic acid groups (broad SMARTS) is 1. The van der Waals surface area contributed by atoms with Crippen molar-refractivity contribution in [2.24, 2.45) is 11.3 Å². The average Bonchev–Trinajstić information content (AvgIpc) is 2.18. The molecule has 0 unspecified atom stereocenters. The second-order valence-electron chi connectivity index (χ2n) is 5.81. The zero-order valence-electron chi connectivity index (χ0n) is 10.6. The third-order valence-corrected chi connectivity index (χ3v) is 4.08. The summed E-state index contributed by atoms with van der Waals surface area (Å²) in [6, 6.07) is 0. The maximum atomic E-state index is 11.9. The predicted molar refractivity (Wildman–Crippen MR) is 63.7 cm³/mol. The van der Waals surface area contributed by atoms with Gasteiger partial charge in [0.15, 0.2) is 0 Å². The molecule has 1 aliphatic heterocycles. The Morgan fingerprint density at radius 3 is 2.28 bits per heavy atom. The fourth-order valence-electron chi connectivity index (χ4n) is 2.93. The summed E-state index contributed by atoms with van der Waals surface area (Å²) in [6.07, 6.45) is 3.43. The topological polar surface area (TPSA) is 74.7 Å². The van der Waals surface area contributed by atoms with Crippen molar-refractivity contribution < 1.29 is 19.5 Å². The fraction of sp³-hybridized carbons (Fsp3) is 0.769. The number of piperidine rings is 1. The lowest BCUT2D eigenvalue weighted by Crippen LogP contribution is -2.51. The molecule has 0 aromatic heterocycles. The van der Waals surface area contributed by atoms with Crippen molar-refractivity contribution in [3.63, 3.8) is 0 Å². The summed E-state index contributed by atoms with van der Waals surface area (Å²) >= 11 is 0. The molecule has 100 valence electrons. The lowest BCUT2D eigenvalue weighted by Gasteiger charge is -2.44. The quantitative estimate of drug-likeness (QED) is 0.769. The SMILES string of the molecule is CC1CC(=O)N(CC2(CC(=O)O)CCC2)C(=O)C1. The lowest BCUT2D eigenvalue weighted by molar-refractivity contribution is -0.156. The van der Waals surface area contributed by atoms with E-state index in [4.69, 9.17) is 5.11 Å². The molecule has 5 heteroatoms. The van der Waals surface area contributed by atoms with E-state index < -0.39 is 5.97 Å². The number of nitrogens with zero attached hydrogens (tertiary/aromatic N) is 1. The second kappa shape index (κ2) is 4.71. The van der Waals surface area contributed by atoms with E-state index >= 15 is 0 Å². The van der Waals surface area contributed by atoms with Crippen molar-refractivity contribution in [3.05, 3.63) is 0 Å². The van der Waals surface area contributed by atoms with Gasteiger partial charge in [-0.2, -0.15) is 0 Å². The first kappa shape index (κ1) is 13.1. The first-order valence-corrected chi connectivity index (χ1v) is 6.47. The highest BCUT2D eigenvalue weighted by atomic mass is 16.4. The normalized spacial score (nSPS) is 23.9. The van der Waals surface area contributed by atoms with E-state index in [-0.39, 0.29) is 29.6 Å². The van der Waals surface area contributed by atoms with E-state index in [9.17, 15) is 14.4 Å². The van der Waals surface area contributed by atoms with Crippen molar-refractivity contribution in [2.75, 3.05) is 6.54 Å². The lowest BCUT2D eigenvalue weighted by atomic mass is 9.66. The smallest absolute Gasteiger partial charge is 0.303 e. The Hall–Kier alpha value is -1.39. The summed E-state index contributed by atoms with van der Waals surface area (Å²) in [5.74, 6) is -1.02. The van der Waals surface area contributed by atoms with Crippen LogP contribution in [-0.4, -0.2) is 34.3 Å². The largest absolute Gasteiger partial charge is 0.481 e. The molecule has 1 saturated heterocycles. The van der Waals surface area contributed by atoms with Crippen LogP contribution in [0.4, 0.5) is 0 Å². The monoisotopic (exact) mass is 253 g/mol.